The summed E-state index contributed by atoms with van der Waals surface area (Å²) in [6.07, 6.45) is 0. The number of hydrogen-bond acceptors (Lipinski definition) is 16. The van der Waals surface area contributed by atoms with Gasteiger partial charge < -0.3 is 20.4 Å². The van der Waals surface area contributed by atoms with E-state index in [1.165, 1.54) is 24.3 Å². The zero-order chi connectivity index (χ0) is 31.8. The highest BCUT2D eigenvalue weighted by Crippen LogP contribution is 2.47. The van der Waals surface area contributed by atoms with Crippen molar-refractivity contribution in [2.45, 2.75) is 9.79 Å². The zero-order valence-corrected chi connectivity index (χ0v) is 23.1. The number of carboxylic acid groups (broad SMARTS) is 3. The molecule has 0 saturated heterocycles. The quantitative estimate of drug-likeness (QED) is 0.0360. The number of azo groups is 2. The Bertz CT molecular complexity index is 1780. The Morgan fingerprint density at radius 1 is 0.659 bits per heavy atom. The Kier molecular flexibility index (Phi) is 10.5. The molecule has 6 N–H and O–H groups in total. The van der Waals surface area contributed by atoms with Crippen LogP contribution in [0.5, 0.6) is 5.75 Å². The predicted molar refractivity (Wildman–Crippen MR) is 149 cm³/mol. The van der Waals surface area contributed by atoms with Crippen molar-refractivity contribution < 1.29 is 64.1 Å². The van der Waals surface area contributed by atoms with Crippen LogP contribution in [0.1, 0.15) is 31.1 Å². The standard InChI is InChI=1S/C25H16N4O13S2/c30-22-20-11(2-1-3-18(20)43-41-39-37)9-19(44-42-40-38)21(22)29-28-17-5-4-14(10-16(17)25(35)36)26-27-15-7-12(23(31)32)6-13(8-15)24(33)34/h1-10,30,37-38H,(H,31,32)(H,33,34)(H,35,36)/b27-26+,29-28+. The molecule has 4 rings (SSSR count). The fourth-order valence-corrected chi connectivity index (χ4v) is 4.71. The lowest BCUT2D eigenvalue weighted by Crippen LogP contribution is -2.01. The van der Waals surface area contributed by atoms with Gasteiger partial charge in [0.05, 0.1) is 61.9 Å². The first-order valence-corrected chi connectivity index (χ1v) is 13.0. The number of nitrogens with zero attached hydrogens (tertiary/aromatic N) is 4. The normalized spacial score (nSPS) is 11.5. The molecule has 0 atom stereocenters. The number of carbonyl (C=O) groups is 3. The Hall–Kier alpha value is -4.99. The van der Waals surface area contributed by atoms with E-state index in [1.807, 2.05) is 0 Å². The smallest absolute Gasteiger partial charge is 0.338 e. The predicted octanol–water partition coefficient (Wildman–Crippen LogP) is 7.33. The highest BCUT2D eigenvalue weighted by Gasteiger charge is 2.19. The van der Waals surface area contributed by atoms with Gasteiger partial charge in [-0.25, -0.2) is 24.9 Å². The van der Waals surface area contributed by atoms with Crippen molar-refractivity contribution in [3.05, 3.63) is 77.4 Å². The molecule has 44 heavy (non-hydrogen) atoms. The summed E-state index contributed by atoms with van der Waals surface area (Å²) in [4.78, 5) is 35.0. The second-order valence-electron chi connectivity index (χ2n) is 8.16. The second kappa shape index (κ2) is 14.5. The second-order valence-corrected chi connectivity index (χ2v) is 9.65. The Morgan fingerprint density at radius 2 is 1.30 bits per heavy atom. The molecular formula is C25H16N4O13S2. The van der Waals surface area contributed by atoms with E-state index in [2.05, 4.69) is 39.2 Å². The van der Waals surface area contributed by atoms with Crippen molar-refractivity contribution in [3.63, 3.8) is 0 Å². The molecule has 0 radical (unpaired) electrons. The van der Waals surface area contributed by atoms with Gasteiger partial charge >= 0.3 is 17.9 Å². The van der Waals surface area contributed by atoms with Gasteiger partial charge in [-0.2, -0.15) is 10.2 Å². The summed E-state index contributed by atoms with van der Waals surface area (Å²) in [5.74, 6) is -4.67. The van der Waals surface area contributed by atoms with Crippen molar-refractivity contribution in [1.29, 1.82) is 0 Å². The van der Waals surface area contributed by atoms with Crippen LogP contribution in [0.3, 0.4) is 0 Å². The van der Waals surface area contributed by atoms with Crippen LogP contribution in [0.15, 0.2) is 90.9 Å². The van der Waals surface area contributed by atoms with E-state index < -0.39 is 29.2 Å². The molecule has 19 heteroatoms. The van der Waals surface area contributed by atoms with E-state index in [-0.39, 0.29) is 49.1 Å². The molecule has 0 heterocycles. The summed E-state index contributed by atoms with van der Waals surface area (Å²) < 4.78 is 8.96. The summed E-state index contributed by atoms with van der Waals surface area (Å²) in [6, 6.07) is 13.0. The van der Waals surface area contributed by atoms with Crippen molar-refractivity contribution in [2.75, 3.05) is 0 Å². The van der Waals surface area contributed by atoms with E-state index in [9.17, 15) is 34.8 Å². The summed E-state index contributed by atoms with van der Waals surface area (Å²) >= 11 is 1.02. The molecule has 0 amide bonds. The molecule has 4 aromatic rings. The van der Waals surface area contributed by atoms with E-state index in [1.54, 1.807) is 12.1 Å². The average molecular weight is 645 g/mol. The molecule has 4 aromatic carbocycles. The van der Waals surface area contributed by atoms with Crippen LogP contribution in [-0.2, 0) is 18.7 Å². The number of phenols is 1. The SMILES string of the molecule is O=C(O)c1cc(/N=N/c2ccc(/N=N/c3c(SOOO)cc4cccc(SOOO)c4c3O)c(C(=O)O)c2)cc(C(=O)O)c1. The third kappa shape index (κ3) is 7.50. The lowest BCUT2D eigenvalue weighted by Gasteiger charge is -2.11. The van der Waals surface area contributed by atoms with Crippen molar-refractivity contribution in [1.82, 2.24) is 0 Å². The van der Waals surface area contributed by atoms with E-state index >= 15 is 0 Å². The maximum absolute atomic E-state index is 12.0. The number of hydrogen-bond donors (Lipinski definition) is 6. The molecule has 17 nitrogen and oxygen atoms in total. The molecule has 0 aliphatic heterocycles. The first-order valence-electron chi connectivity index (χ1n) is 11.5. The highest BCUT2D eigenvalue weighted by atomic mass is 32.2. The van der Waals surface area contributed by atoms with Crippen LogP contribution in [0.2, 0.25) is 0 Å². The average Bonchev–Trinajstić information content (AvgIpc) is 3.01. The molecule has 0 aliphatic carbocycles. The van der Waals surface area contributed by atoms with Gasteiger partial charge in [0.1, 0.15) is 11.4 Å². The molecule has 0 aliphatic rings. The molecule has 0 saturated carbocycles. The third-order valence-electron chi connectivity index (χ3n) is 5.51. The molecule has 0 spiro atoms. The van der Waals surface area contributed by atoms with Crippen molar-refractivity contribution in [2.24, 2.45) is 20.5 Å². The van der Waals surface area contributed by atoms with Crippen LogP contribution >= 0.6 is 24.1 Å². The van der Waals surface area contributed by atoms with Crippen LogP contribution < -0.4 is 0 Å². The number of benzene rings is 4. The largest absolute Gasteiger partial charge is 0.505 e. The minimum absolute atomic E-state index is 0.00925. The van der Waals surface area contributed by atoms with Crippen LogP contribution in [0.4, 0.5) is 22.7 Å². The number of rotatable bonds is 13. The fraction of sp³-hybridized carbons (Fsp3) is 0. The number of phenolic OH excluding ortho intramolecular Hbond substituents is 1. The van der Waals surface area contributed by atoms with Gasteiger partial charge in [-0.15, -0.1) is 18.9 Å². The molecular weight excluding hydrogens is 628 g/mol. The fourth-order valence-electron chi connectivity index (χ4n) is 3.68. The van der Waals surface area contributed by atoms with Gasteiger partial charge in [0, 0.05) is 5.39 Å². The lowest BCUT2D eigenvalue weighted by molar-refractivity contribution is -0.432. The molecule has 0 bridgehead atoms. The minimum Gasteiger partial charge on any atom is -0.505 e. The summed E-state index contributed by atoms with van der Waals surface area (Å²) in [7, 11) is 0. The lowest BCUT2D eigenvalue weighted by atomic mass is 10.1. The van der Waals surface area contributed by atoms with Gasteiger partial charge in [0.2, 0.25) is 0 Å². The maximum Gasteiger partial charge on any atom is 0.338 e. The summed E-state index contributed by atoms with van der Waals surface area (Å²) in [5, 5.41) is 80.0. The van der Waals surface area contributed by atoms with Crippen LogP contribution in [0, 0.1) is 0 Å². The number of fused-ring (bicyclic) bond motifs is 1. The van der Waals surface area contributed by atoms with Gasteiger partial charge in [-0.3, -0.25) is 0 Å². The molecule has 0 unspecified atom stereocenters. The number of aromatic carboxylic acids is 3. The van der Waals surface area contributed by atoms with Gasteiger partial charge in [0.25, 0.3) is 0 Å². The Morgan fingerprint density at radius 3 is 1.91 bits per heavy atom. The topological polar surface area (TPSA) is 259 Å². The summed E-state index contributed by atoms with van der Waals surface area (Å²) in [6.45, 7) is 0. The van der Waals surface area contributed by atoms with E-state index in [4.69, 9.17) is 10.5 Å². The molecule has 0 aromatic heterocycles. The van der Waals surface area contributed by atoms with E-state index in [0.29, 0.717) is 29.5 Å². The molecule has 226 valence electrons. The van der Waals surface area contributed by atoms with Gasteiger partial charge in [0.15, 0.2) is 5.75 Å². The Labute approximate surface area is 252 Å². The zero-order valence-electron chi connectivity index (χ0n) is 21.4. The van der Waals surface area contributed by atoms with Gasteiger partial charge in [-0.05, 0) is 53.9 Å². The Balaban J connectivity index is 1.74. The van der Waals surface area contributed by atoms with Crippen LogP contribution in [0.25, 0.3) is 10.8 Å². The maximum atomic E-state index is 12.0. The van der Waals surface area contributed by atoms with Gasteiger partial charge in [-0.1, -0.05) is 22.2 Å². The minimum atomic E-state index is -1.44. The first-order chi connectivity index (χ1) is 21.1. The first kappa shape index (κ1) is 31.9. The summed E-state index contributed by atoms with van der Waals surface area (Å²) in [5.41, 5.74) is -1.62. The van der Waals surface area contributed by atoms with E-state index in [0.717, 1.165) is 24.3 Å². The van der Waals surface area contributed by atoms with Crippen LogP contribution in [-0.4, -0.2) is 48.8 Å². The third-order valence-corrected chi connectivity index (χ3v) is 6.78. The number of aromatic hydroxyl groups is 1. The number of carboxylic acids is 3. The van der Waals surface area contributed by atoms with Crippen molar-refractivity contribution in [3.8, 4) is 5.75 Å². The van der Waals surface area contributed by atoms with Crippen molar-refractivity contribution >= 4 is 75.5 Å². The highest BCUT2D eigenvalue weighted by molar-refractivity contribution is 7.95. The monoisotopic (exact) mass is 644 g/mol. The molecule has 0 fully saturated rings.